The van der Waals surface area contributed by atoms with Crippen molar-refractivity contribution in [2.24, 2.45) is 0 Å². The molecule has 0 aliphatic rings. The van der Waals surface area contributed by atoms with Crippen molar-refractivity contribution in [1.29, 1.82) is 0 Å². The van der Waals surface area contributed by atoms with Crippen LogP contribution in [0.5, 0.6) is 0 Å². The van der Waals surface area contributed by atoms with Crippen molar-refractivity contribution >= 4 is 17.9 Å². The molecule has 0 saturated carbocycles. The number of allylic oxidation sites excluding steroid dienone is 10. The molecular weight excluding hydrogens is 697 g/mol. The van der Waals surface area contributed by atoms with Gasteiger partial charge in [-0.2, -0.15) is 0 Å². The van der Waals surface area contributed by atoms with Crippen LogP contribution in [0.25, 0.3) is 0 Å². The summed E-state index contributed by atoms with van der Waals surface area (Å²) in [7, 11) is 0. The van der Waals surface area contributed by atoms with Crippen LogP contribution in [0.4, 0.5) is 0 Å². The van der Waals surface area contributed by atoms with Crippen LogP contribution in [-0.2, 0) is 28.6 Å². The van der Waals surface area contributed by atoms with Gasteiger partial charge in [-0.3, -0.25) is 14.4 Å². The van der Waals surface area contributed by atoms with Gasteiger partial charge in [0.2, 0.25) is 0 Å². The van der Waals surface area contributed by atoms with Gasteiger partial charge >= 0.3 is 17.9 Å². The first kappa shape index (κ1) is 53.1. The van der Waals surface area contributed by atoms with Gasteiger partial charge in [0.25, 0.3) is 0 Å². The van der Waals surface area contributed by atoms with Crippen LogP contribution in [0, 0.1) is 0 Å². The zero-order chi connectivity index (χ0) is 40.8. The Labute approximate surface area is 345 Å². The molecule has 0 aliphatic heterocycles. The number of carbonyl (C=O) groups is 3. The zero-order valence-corrected chi connectivity index (χ0v) is 36.6. The first-order chi connectivity index (χ1) is 27.5. The van der Waals surface area contributed by atoms with E-state index in [1.807, 2.05) is 0 Å². The van der Waals surface area contributed by atoms with E-state index < -0.39 is 6.10 Å². The maximum atomic E-state index is 12.7. The molecule has 1 unspecified atom stereocenters. The van der Waals surface area contributed by atoms with Gasteiger partial charge in [-0.25, -0.2) is 0 Å². The second kappa shape index (κ2) is 44.8. The average Bonchev–Trinajstić information content (AvgIpc) is 3.19. The second-order valence-corrected chi connectivity index (χ2v) is 15.3. The molecule has 0 heterocycles. The molecule has 0 aromatic carbocycles. The molecule has 0 aromatic heterocycles. The van der Waals surface area contributed by atoms with Crippen LogP contribution in [0.15, 0.2) is 60.8 Å². The lowest BCUT2D eigenvalue weighted by Gasteiger charge is -2.18. The van der Waals surface area contributed by atoms with Crippen molar-refractivity contribution in [2.75, 3.05) is 13.2 Å². The maximum Gasteiger partial charge on any atom is 0.306 e. The molecule has 1 atom stereocenters. The van der Waals surface area contributed by atoms with Crippen molar-refractivity contribution in [2.45, 2.75) is 226 Å². The Morgan fingerprint density at radius 3 is 1.30 bits per heavy atom. The van der Waals surface area contributed by atoms with E-state index in [9.17, 15) is 14.4 Å². The predicted molar refractivity (Wildman–Crippen MR) is 238 cm³/mol. The molecule has 0 rings (SSSR count). The molecule has 0 spiro atoms. The summed E-state index contributed by atoms with van der Waals surface area (Å²) >= 11 is 0. The minimum Gasteiger partial charge on any atom is -0.462 e. The van der Waals surface area contributed by atoms with Crippen LogP contribution < -0.4 is 0 Å². The molecule has 0 saturated heterocycles. The largest absolute Gasteiger partial charge is 0.462 e. The molecule has 0 aliphatic carbocycles. The number of carbonyl (C=O) groups excluding carboxylic acids is 3. The van der Waals surface area contributed by atoms with Gasteiger partial charge in [0, 0.05) is 19.3 Å². The quantitative estimate of drug-likeness (QED) is 0.0202. The highest BCUT2D eigenvalue weighted by Gasteiger charge is 2.19. The van der Waals surface area contributed by atoms with Crippen LogP contribution in [0.1, 0.15) is 220 Å². The van der Waals surface area contributed by atoms with Gasteiger partial charge in [-0.15, -0.1) is 0 Å². The standard InChI is InChI=1S/C50H86O6/c1-4-7-10-13-16-19-21-22-23-24-25-26-27-29-31-34-37-40-43-49(52)55-46-47(45-54-48(51)42-39-36-33-30-18-15-12-9-6-3)56-50(53)44-41-38-35-32-28-20-17-14-11-8-5-2/h9,12,14,17-18,20,25-26,28,30,47H,4-8,10-11,13,15-16,19,21-24,27,29,31-46H2,1-3H3/b12-9-,17-14-,26-25-,28-20-,30-18-. The topological polar surface area (TPSA) is 78.9 Å². The van der Waals surface area contributed by atoms with Gasteiger partial charge in [0.05, 0.1) is 0 Å². The van der Waals surface area contributed by atoms with E-state index in [1.165, 1.54) is 89.9 Å². The normalized spacial score (nSPS) is 12.6. The van der Waals surface area contributed by atoms with Gasteiger partial charge in [-0.05, 0) is 89.9 Å². The molecule has 0 bridgehead atoms. The van der Waals surface area contributed by atoms with Gasteiger partial charge in [0.15, 0.2) is 6.10 Å². The monoisotopic (exact) mass is 783 g/mol. The lowest BCUT2D eigenvalue weighted by Crippen LogP contribution is -2.30. The summed E-state index contributed by atoms with van der Waals surface area (Å²) in [4.78, 5) is 37.6. The molecule has 0 radical (unpaired) electrons. The first-order valence-corrected chi connectivity index (χ1v) is 23.3. The fraction of sp³-hybridized carbons (Fsp3) is 0.740. The van der Waals surface area contributed by atoms with Crippen molar-refractivity contribution in [3.05, 3.63) is 60.8 Å². The second-order valence-electron chi connectivity index (χ2n) is 15.3. The van der Waals surface area contributed by atoms with Crippen LogP contribution in [0.3, 0.4) is 0 Å². The zero-order valence-electron chi connectivity index (χ0n) is 36.6. The summed E-state index contributed by atoms with van der Waals surface area (Å²) in [6, 6.07) is 0. The van der Waals surface area contributed by atoms with E-state index in [4.69, 9.17) is 14.2 Å². The van der Waals surface area contributed by atoms with E-state index in [-0.39, 0.29) is 37.5 Å². The molecule has 0 amide bonds. The van der Waals surface area contributed by atoms with Crippen LogP contribution >= 0.6 is 0 Å². The van der Waals surface area contributed by atoms with E-state index in [0.717, 1.165) is 89.9 Å². The number of rotatable bonds is 41. The summed E-state index contributed by atoms with van der Waals surface area (Å²) in [6.07, 6.45) is 53.7. The smallest absolute Gasteiger partial charge is 0.306 e. The highest BCUT2D eigenvalue weighted by Crippen LogP contribution is 2.13. The Hall–Kier alpha value is -2.89. The Bertz CT molecular complexity index is 1040. The Morgan fingerprint density at radius 2 is 0.768 bits per heavy atom. The lowest BCUT2D eigenvalue weighted by atomic mass is 10.1. The number of esters is 3. The molecule has 6 nitrogen and oxygen atoms in total. The molecule has 0 N–H and O–H groups in total. The minimum atomic E-state index is -0.801. The van der Waals surface area contributed by atoms with Crippen molar-refractivity contribution in [3.8, 4) is 0 Å². The van der Waals surface area contributed by atoms with E-state index in [2.05, 4.69) is 81.5 Å². The molecule has 322 valence electrons. The summed E-state index contributed by atoms with van der Waals surface area (Å²) in [5, 5.41) is 0. The number of ether oxygens (including phenoxy) is 3. The fourth-order valence-electron chi connectivity index (χ4n) is 6.21. The Kier molecular flexibility index (Phi) is 42.5. The highest BCUT2D eigenvalue weighted by molar-refractivity contribution is 5.71. The van der Waals surface area contributed by atoms with E-state index in [1.54, 1.807) is 0 Å². The molecular formula is C50H86O6. The average molecular weight is 783 g/mol. The van der Waals surface area contributed by atoms with Crippen molar-refractivity contribution < 1.29 is 28.6 Å². The lowest BCUT2D eigenvalue weighted by molar-refractivity contribution is -0.167. The summed E-state index contributed by atoms with van der Waals surface area (Å²) in [5.74, 6) is -0.978. The molecule has 0 fully saturated rings. The van der Waals surface area contributed by atoms with Crippen molar-refractivity contribution in [3.63, 3.8) is 0 Å². The summed E-state index contributed by atoms with van der Waals surface area (Å²) < 4.78 is 16.6. The molecule has 6 heteroatoms. The first-order valence-electron chi connectivity index (χ1n) is 23.3. The fourth-order valence-corrected chi connectivity index (χ4v) is 6.21. The molecule has 56 heavy (non-hydrogen) atoms. The predicted octanol–water partition coefficient (Wildman–Crippen LogP) is 14.9. The SMILES string of the molecule is CC/C=C\C/C=C\CCCCC(=O)OCC(COC(=O)CCCCCCC/C=C\CCCCCCCCCCC)OC(=O)CCCCC/C=C\C=C/CCCC. The van der Waals surface area contributed by atoms with Gasteiger partial charge < -0.3 is 14.2 Å². The van der Waals surface area contributed by atoms with Crippen molar-refractivity contribution in [1.82, 2.24) is 0 Å². The van der Waals surface area contributed by atoms with Gasteiger partial charge in [0.1, 0.15) is 13.2 Å². The molecule has 0 aromatic rings. The van der Waals surface area contributed by atoms with Gasteiger partial charge in [-0.1, -0.05) is 171 Å². The Morgan fingerprint density at radius 1 is 0.393 bits per heavy atom. The highest BCUT2D eigenvalue weighted by atomic mass is 16.6. The van der Waals surface area contributed by atoms with Crippen LogP contribution in [0.2, 0.25) is 0 Å². The third-order valence-electron chi connectivity index (χ3n) is 9.75. The summed E-state index contributed by atoms with van der Waals surface area (Å²) in [6.45, 7) is 6.39. The maximum absolute atomic E-state index is 12.7. The number of hydrogen-bond donors (Lipinski definition) is 0. The minimum absolute atomic E-state index is 0.100. The number of unbranched alkanes of at least 4 members (excludes halogenated alkanes) is 21. The third-order valence-corrected chi connectivity index (χ3v) is 9.75. The summed E-state index contributed by atoms with van der Waals surface area (Å²) in [5.41, 5.74) is 0. The number of hydrogen-bond acceptors (Lipinski definition) is 6. The van der Waals surface area contributed by atoms with E-state index in [0.29, 0.717) is 12.8 Å². The third kappa shape index (κ3) is 42.3. The van der Waals surface area contributed by atoms with E-state index >= 15 is 0 Å². The van der Waals surface area contributed by atoms with Crippen LogP contribution in [-0.4, -0.2) is 37.2 Å². The Balaban J connectivity index is 4.36.